The number of amides is 1. The van der Waals surface area contributed by atoms with Gasteiger partial charge in [-0.05, 0) is 42.6 Å². The van der Waals surface area contributed by atoms with Crippen LogP contribution in [0.4, 0.5) is 0 Å². The average Bonchev–Trinajstić information content (AvgIpc) is 2.76. The first-order chi connectivity index (χ1) is 7.29. The highest BCUT2D eigenvalue weighted by molar-refractivity contribution is 5.87. The van der Waals surface area contributed by atoms with Crippen LogP contribution in [0.15, 0.2) is 24.8 Å². The van der Waals surface area contributed by atoms with Gasteiger partial charge in [-0.3, -0.25) is 4.79 Å². The second-order valence-corrected chi connectivity index (χ2v) is 5.07. The molecule has 0 N–H and O–H groups in total. The van der Waals surface area contributed by atoms with Crippen LogP contribution in [0.2, 0.25) is 0 Å². The Labute approximate surface area is 90.6 Å². The minimum Gasteiger partial charge on any atom is -0.339 e. The molecule has 1 saturated heterocycles. The quantitative estimate of drug-likeness (QED) is 0.470. The molecule has 0 aromatic heterocycles. The summed E-state index contributed by atoms with van der Waals surface area (Å²) in [5.74, 6) is 3.06. The lowest BCUT2D eigenvalue weighted by Crippen LogP contribution is -2.35. The summed E-state index contributed by atoms with van der Waals surface area (Å²) in [6, 6.07) is 0. The molecule has 4 atom stereocenters. The maximum Gasteiger partial charge on any atom is 0.245 e. The minimum atomic E-state index is 0.115. The third kappa shape index (κ3) is 1.27. The third-order valence-electron chi connectivity index (χ3n) is 4.44. The van der Waals surface area contributed by atoms with Gasteiger partial charge in [0.15, 0.2) is 0 Å². The molecular formula is C13H17NO. The van der Waals surface area contributed by atoms with Crippen molar-refractivity contribution in [1.82, 2.24) is 4.90 Å². The smallest absolute Gasteiger partial charge is 0.245 e. The highest BCUT2D eigenvalue weighted by Gasteiger charge is 2.46. The van der Waals surface area contributed by atoms with Crippen molar-refractivity contribution in [3.8, 4) is 0 Å². The summed E-state index contributed by atoms with van der Waals surface area (Å²) in [4.78, 5) is 13.6. The monoisotopic (exact) mass is 203 g/mol. The Balaban J connectivity index is 1.81. The van der Waals surface area contributed by atoms with Crippen molar-refractivity contribution in [3.63, 3.8) is 0 Å². The van der Waals surface area contributed by atoms with Crippen molar-refractivity contribution in [1.29, 1.82) is 0 Å². The van der Waals surface area contributed by atoms with Crippen LogP contribution in [0.25, 0.3) is 0 Å². The minimum absolute atomic E-state index is 0.115. The van der Waals surface area contributed by atoms with E-state index in [4.69, 9.17) is 0 Å². The molecule has 1 amide bonds. The van der Waals surface area contributed by atoms with Crippen LogP contribution in [0.1, 0.15) is 12.8 Å². The maximum absolute atomic E-state index is 11.6. The molecule has 15 heavy (non-hydrogen) atoms. The van der Waals surface area contributed by atoms with Gasteiger partial charge in [0.2, 0.25) is 5.91 Å². The predicted molar refractivity (Wildman–Crippen MR) is 59.1 cm³/mol. The van der Waals surface area contributed by atoms with Gasteiger partial charge in [-0.15, -0.1) is 0 Å². The van der Waals surface area contributed by atoms with Crippen LogP contribution >= 0.6 is 0 Å². The van der Waals surface area contributed by atoms with E-state index < -0.39 is 0 Å². The number of likely N-dealkylation sites (tertiary alicyclic amines) is 1. The number of hydrogen-bond acceptors (Lipinski definition) is 1. The molecule has 1 heterocycles. The van der Waals surface area contributed by atoms with Crippen molar-refractivity contribution in [3.05, 3.63) is 24.8 Å². The molecule has 4 aliphatic rings. The van der Waals surface area contributed by atoms with Crippen LogP contribution in [-0.4, -0.2) is 23.9 Å². The van der Waals surface area contributed by atoms with Crippen molar-refractivity contribution >= 4 is 5.91 Å². The molecule has 4 rings (SSSR count). The number of carbonyl (C=O) groups excluding carboxylic acids is 1. The van der Waals surface area contributed by atoms with Gasteiger partial charge in [0.25, 0.3) is 0 Å². The van der Waals surface area contributed by atoms with Gasteiger partial charge in [0.1, 0.15) is 0 Å². The van der Waals surface area contributed by atoms with E-state index in [2.05, 4.69) is 18.7 Å². The molecule has 2 fully saturated rings. The lowest BCUT2D eigenvalue weighted by Gasteiger charge is -2.40. The van der Waals surface area contributed by atoms with Gasteiger partial charge < -0.3 is 4.90 Å². The summed E-state index contributed by atoms with van der Waals surface area (Å²) >= 11 is 0. The lowest BCUT2D eigenvalue weighted by atomic mass is 9.64. The van der Waals surface area contributed by atoms with Gasteiger partial charge in [-0.25, -0.2) is 0 Å². The first-order valence-electron chi connectivity index (χ1n) is 5.89. The fourth-order valence-electron chi connectivity index (χ4n) is 3.65. The number of hydrogen-bond donors (Lipinski definition) is 0. The fourth-order valence-corrected chi connectivity index (χ4v) is 3.65. The lowest BCUT2D eigenvalue weighted by molar-refractivity contribution is -0.125. The first kappa shape index (κ1) is 9.20. The van der Waals surface area contributed by atoms with Gasteiger partial charge in [-0.2, -0.15) is 0 Å². The fraction of sp³-hybridized carbons (Fsp3) is 0.615. The number of fused-ring (bicyclic) bond motifs is 1. The number of nitrogens with zero attached hydrogens (tertiary/aromatic N) is 1. The summed E-state index contributed by atoms with van der Waals surface area (Å²) in [7, 11) is 0. The highest BCUT2D eigenvalue weighted by atomic mass is 16.2. The summed E-state index contributed by atoms with van der Waals surface area (Å²) in [5.41, 5.74) is 0. The van der Waals surface area contributed by atoms with Crippen molar-refractivity contribution < 1.29 is 4.79 Å². The van der Waals surface area contributed by atoms with E-state index in [1.54, 1.807) is 0 Å². The molecule has 1 saturated carbocycles. The largest absolute Gasteiger partial charge is 0.339 e. The van der Waals surface area contributed by atoms with E-state index in [1.807, 2.05) is 4.90 Å². The Kier molecular flexibility index (Phi) is 1.98. The molecule has 4 unspecified atom stereocenters. The summed E-state index contributed by atoms with van der Waals surface area (Å²) < 4.78 is 0. The Morgan fingerprint density at radius 1 is 1.20 bits per heavy atom. The highest BCUT2D eigenvalue weighted by Crippen LogP contribution is 2.48. The van der Waals surface area contributed by atoms with E-state index in [-0.39, 0.29) is 5.91 Å². The molecule has 3 aliphatic carbocycles. The SMILES string of the molecule is C=CC(=O)N1CC2C3C=CC(CC3)C2C1. The summed E-state index contributed by atoms with van der Waals surface area (Å²) in [6.07, 6.45) is 8.89. The normalized spacial score (nSPS) is 41.7. The van der Waals surface area contributed by atoms with Gasteiger partial charge >= 0.3 is 0 Å². The Morgan fingerprint density at radius 3 is 2.13 bits per heavy atom. The summed E-state index contributed by atoms with van der Waals surface area (Å²) in [5, 5.41) is 0. The van der Waals surface area contributed by atoms with Crippen LogP contribution in [0.3, 0.4) is 0 Å². The van der Waals surface area contributed by atoms with E-state index in [9.17, 15) is 4.79 Å². The van der Waals surface area contributed by atoms with Crippen molar-refractivity contribution in [2.24, 2.45) is 23.7 Å². The van der Waals surface area contributed by atoms with Crippen LogP contribution in [0.5, 0.6) is 0 Å². The number of rotatable bonds is 1. The molecule has 0 aromatic carbocycles. The van der Waals surface area contributed by atoms with Gasteiger partial charge in [0, 0.05) is 13.1 Å². The van der Waals surface area contributed by atoms with Crippen LogP contribution in [0, 0.1) is 23.7 Å². The predicted octanol–water partition coefficient (Wildman–Crippen LogP) is 1.84. The molecule has 2 heteroatoms. The maximum atomic E-state index is 11.6. The first-order valence-corrected chi connectivity index (χ1v) is 5.89. The molecule has 2 bridgehead atoms. The summed E-state index contributed by atoms with van der Waals surface area (Å²) in [6.45, 7) is 5.49. The topological polar surface area (TPSA) is 20.3 Å². The zero-order valence-corrected chi connectivity index (χ0v) is 8.93. The van der Waals surface area contributed by atoms with E-state index in [1.165, 1.54) is 18.9 Å². The van der Waals surface area contributed by atoms with Crippen LogP contribution < -0.4 is 0 Å². The number of allylic oxidation sites excluding steroid dienone is 2. The Hall–Kier alpha value is -1.05. The van der Waals surface area contributed by atoms with Gasteiger partial charge in [0.05, 0.1) is 0 Å². The molecule has 0 aromatic rings. The van der Waals surface area contributed by atoms with E-state index in [0.29, 0.717) is 0 Å². The molecule has 0 radical (unpaired) electrons. The molecule has 1 aliphatic heterocycles. The Morgan fingerprint density at radius 2 is 1.73 bits per heavy atom. The van der Waals surface area contributed by atoms with Gasteiger partial charge in [-0.1, -0.05) is 18.7 Å². The zero-order valence-electron chi connectivity index (χ0n) is 8.93. The second kappa shape index (κ2) is 3.22. The van der Waals surface area contributed by atoms with E-state index in [0.717, 1.165) is 36.8 Å². The van der Waals surface area contributed by atoms with E-state index >= 15 is 0 Å². The third-order valence-corrected chi connectivity index (χ3v) is 4.44. The zero-order chi connectivity index (χ0) is 10.4. The molecular weight excluding hydrogens is 186 g/mol. The average molecular weight is 203 g/mol. The molecule has 2 nitrogen and oxygen atoms in total. The Bertz CT molecular complexity index is 311. The van der Waals surface area contributed by atoms with Crippen molar-refractivity contribution in [2.45, 2.75) is 12.8 Å². The second-order valence-electron chi connectivity index (χ2n) is 5.07. The number of carbonyl (C=O) groups is 1. The molecule has 80 valence electrons. The van der Waals surface area contributed by atoms with Crippen molar-refractivity contribution in [2.75, 3.05) is 13.1 Å². The standard InChI is InChI=1S/C13H17NO/c1-2-13(15)14-7-11-9-3-4-10(6-5-9)12(11)8-14/h2-4,9-12H,1,5-8H2. The molecule has 0 spiro atoms. The van der Waals surface area contributed by atoms with Crippen LogP contribution in [-0.2, 0) is 4.79 Å².